The summed E-state index contributed by atoms with van der Waals surface area (Å²) in [6.07, 6.45) is 4.21. The molecule has 0 aromatic carbocycles. The highest BCUT2D eigenvalue weighted by Crippen LogP contribution is 2.10. The van der Waals surface area contributed by atoms with E-state index in [1.165, 1.54) is 6.08 Å². The molecule has 1 aliphatic heterocycles. The largest absolute Gasteiger partial charge is 0.381 e. The first-order valence-corrected chi connectivity index (χ1v) is 4.19. The van der Waals surface area contributed by atoms with Gasteiger partial charge in [0.05, 0.1) is 13.2 Å². The minimum Gasteiger partial charge on any atom is -0.381 e. The van der Waals surface area contributed by atoms with E-state index in [0.29, 0.717) is 5.92 Å². The lowest BCUT2D eigenvalue weighted by Crippen LogP contribution is -2.37. The molecule has 0 aliphatic carbocycles. The first kappa shape index (κ1) is 9.42. The zero-order valence-corrected chi connectivity index (χ0v) is 7.40. The Balaban J connectivity index is 2.05. The maximum Gasteiger partial charge on any atom is 0.142 e. The Morgan fingerprint density at radius 1 is 1.58 bits per heavy atom. The summed E-state index contributed by atoms with van der Waals surface area (Å²) in [5.74, 6) is 0.694. The molecule has 0 N–H and O–H groups in total. The fourth-order valence-corrected chi connectivity index (χ4v) is 1.20. The van der Waals surface area contributed by atoms with E-state index in [1.54, 1.807) is 0 Å². The van der Waals surface area contributed by atoms with Crippen LogP contribution in [-0.4, -0.2) is 44.5 Å². The lowest BCUT2D eigenvalue weighted by atomic mass is 10.1. The van der Waals surface area contributed by atoms with Gasteiger partial charge >= 0.3 is 0 Å². The van der Waals surface area contributed by atoms with E-state index >= 15 is 0 Å². The summed E-state index contributed by atoms with van der Waals surface area (Å²) in [5.41, 5.74) is 0. The van der Waals surface area contributed by atoms with E-state index in [1.807, 2.05) is 13.1 Å². The van der Waals surface area contributed by atoms with E-state index in [4.69, 9.17) is 4.74 Å². The van der Waals surface area contributed by atoms with Crippen LogP contribution in [0.5, 0.6) is 0 Å². The highest BCUT2D eigenvalue weighted by Gasteiger charge is 2.19. The summed E-state index contributed by atoms with van der Waals surface area (Å²) in [5, 5.41) is 0. The van der Waals surface area contributed by atoms with Crippen LogP contribution in [0.25, 0.3) is 0 Å². The van der Waals surface area contributed by atoms with Crippen LogP contribution >= 0.6 is 0 Å². The van der Waals surface area contributed by atoms with Crippen LogP contribution < -0.4 is 0 Å². The Morgan fingerprint density at radius 3 is 2.83 bits per heavy atom. The van der Waals surface area contributed by atoms with Crippen LogP contribution in [0.1, 0.15) is 0 Å². The molecular formula is C9H15NO2. The van der Waals surface area contributed by atoms with Crippen molar-refractivity contribution in [3.05, 3.63) is 12.2 Å². The molecule has 1 fully saturated rings. The van der Waals surface area contributed by atoms with Crippen LogP contribution in [0.15, 0.2) is 12.2 Å². The second-order valence-electron chi connectivity index (χ2n) is 3.19. The second-order valence-corrected chi connectivity index (χ2v) is 3.19. The molecule has 0 saturated carbocycles. The SMILES string of the molecule is CN(CC=CC=O)CC1COC1. The molecule has 1 saturated heterocycles. The first-order valence-electron chi connectivity index (χ1n) is 4.19. The molecule has 0 atom stereocenters. The highest BCUT2D eigenvalue weighted by molar-refractivity contribution is 5.64. The van der Waals surface area contributed by atoms with Gasteiger partial charge in [0, 0.05) is 19.0 Å². The van der Waals surface area contributed by atoms with Crippen LogP contribution in [0, 0.1) is 5.92 Å². The summed E-state index contributed by atoms with van der Waals surface area (Å²) in [7, 11) is 2.05. The molecule has 3 nitrogen and oxygen atoms in total. The maximum atomic E-state index is 9.95. The van der Waals surface area contributed by atoms with Crippen LogP contribution in [-0.2, 0) is 9.53 Å². The molecule has 0 unspecified atom stereocenters. The fourth-order valence-electron chi connectivity index (χ4n) is 1.20. The second kappa shape index (κ2) is 5.06. The molecule has 12 heavy (non-hydrogen) atoms. The Labute approximate surface area is 73.0 Å². The molecule has 3 heteroatoms. The Morgan fingerprint density at radius 2 is 2.33 bits per heavy atom. The molecule has 0 amide bonds. The third kappa shape index (κ3) is 3.15. The number of hydrogen-bond acceptors (Lipinski definition) is 3. The third-order valence-electron chi connectivity index (χ3n) is 1.91. The standard InChI is InChI=1S/C9H15NO2/c1-10(4-2-3-5-11)6-9-7-12-8-9/h2-3,5,9H,4,6-8H2,1H3. The van der Waals surface area contributed by atoms with Gasteiger partial charge in [-0.2, -0.15) is 0 Å². The quantitative estimate of drug-likeness (QED) is 0.438. The zero-order chi connectivity index (χ0) is 8.81. The molecule has 0 radical (unpaired) electrons. The summed E-state index contributed by atoms with van der Waals surface area (Å²) < 4.78 is 5.06. The Kier molecular flexibility index (Phi) is 3.97. The van der Waals surface area contributed by atoms with Crippen LogP contribution in [0.4, 0.5) is 0 Å². The van der Waals surface area contributed by atoms with Gasteiger partial charge in [-0.15, -0.1) is 0 Å². The van der Waals surface area contributed by atoms with Gasteiger partial charge in [0.1, 0.15) is 6.29 Å². The van der Waals surface area contributed by atoms with Gasteiger partial charge in [-0.3, -0.25) is 4.79 Å². The minimum absolute atomic E-state index is 0.694. The van der Waals surface area contributed by atoms with Crippen molar-refractivity contribution >= 4 is 6.29 Å². The fraction of sp³-hybridized carbons (Fsp3) is 0.667. The van der Waals surface area contributed by atoms with Gasteiger partial charge in [-0.25, -0.2) is 0 Å². The number of aldehydes is 1. The normalized spacial score (nSPS) is 18.5. The summed E-state index contributed by atoms with van der Waals surface area (Å²) in [6.45, 7) is 3.68. The first-order chi connectivity index (χ1) is 5.83. The van der Waals surface area contributed by atoms with Gasteiger partial charge in [0.15, 0.2) is 0 Å². The molecule has 0 bridgehead atoms. The van der Waals surface area contributed by atoms with Crippen molar-refractivity contribution in [1.82, 2.24) is 4.90 Å². The van der Waals surface area contributed by atoms with Crippen molar-refractivity contribution in [3.8, 4) is 0 Å². The van der Waals surface area contributed by atoms with Gasteiger partial charge in [0.25, 0.3) is 0 Å². The van der Waals surface area contributed by atoms with Crippen LogP contribution in [0.2, 0.25) is 0 Å². The lowest BCUT2D eigenvalue weighted by molar-refractivity contribution is -0.104. The van der Waals surface area contributed by atoms with Gasteiger partial charge < -0.3 is 9.64 Å². The average molecular weight is 169 g/mol. The van der Waals surface area contributed by atoms with Gasteiger partial charge in [-0.05, 0) is 13.1 Å². The Bertz CT molecular complexity index is 164. The zero-order valence-electron chi connectivity index (χ0n) is 7.40. The third-order valence-corrected chi connectivity index (χ3v) is 1.91. The van der Waals surface area contributed by atoms with Gasteiger partial charge in [0.2, 0.25) is 0 Å². The predicted octanol–water partition coefficient (Wildman–Crippen LogP) is 0.320. The van der Waals surface area contributed by atoms with E-state index in [9.17, 15) is 4.79 Å². The smallest absolute Gasteiger partial charge is 0.142 e. The Hall–Kier alpha value is -0.670. The van der Waals surface area contributed by atoms with Crippen LogP contribution in [0.3, 0.4) is 0 Å². The molecule has 68 valence electrons. The molecule has 0 aromatic rings. The molecule has 1 rings (SSSR count). The van der Waals surface area contributed by atoms with Crippen molar-refractivity contribution in [2.24, 2.45) is 5.92 Å². The molecule has 0 aromatic heterocycles. The number of nitrogens with zero attached hydrogens (tertiary/aromatic N) is 1. The summed E-state index contributed by atoms with van der Waals surface area (Å²) in [6, 6.07) is 0. The number of likely N-dealkylation sites (N-methyl/N-ethyl adjacent to an activating group) is 1. The number of carbonyl (C=O) groups excluding carboxylic acids is 1. The number of hydrogen-bond donors (Lipinski definition) is 0. The van der Waals surface area contributed by atoms with Crippen molar-refractivity contribution in [3.63, 3.8) is 0 Å². The van der Waals surface area contributed by atoms with E-state index < -0.39 is 0 Å². The van der Waals surface area contributed by atoms with Crippen molar-refractivity contribution in [1.29, 1.82) is 0 Å². The topological polar surface area (TPSA) is 29.5 Å². The average Bonchev–Trinajstić information content (AvgIpc) is 1.98. The van der Waals surface area contributed by atoms with Crippen molar-refractivity contribution in [2.45, 2.75) is 0 Å². The van der Waals surface area contributed by atoms with E-state index in [-0.39, 0.29) is 0 Å². The molecule has 1 aliphatic rings. The van der Waals surface area contributed by atoms with Crippen molar-refractivity contribution < 1.29 is 9.53 Å². The van der Waals surface area contributed by atoms with Gasteiger partial charge in [-0.1, -0.05) is 6.08 Å². The number of carbonyl (C=O) groups is 1. The van der Waals surface area contributed by atoms with E-state index in [2.05, 4.69) is 4.90 Å². The molecular weight excluding hydrogens is 154 g/mol. The molecule has 0 spiro atoms. The monoisotopic (exact) mass is 169 g/mol. The molecule has 1 heterocycles. The number of rotatable bonds is 5. The lowest BCUT2D eigenvalue weighted by Gasteiger charge is -2.29. The van der Waals surface area contributed by atoms with E-state index in [0.717, 1.165) is 32.6 Å². The summed E-state index contributed by atoms with van der Waals surface area (Å²) >= 11 is 0. The summed E-state index contributed by atoms with van der Waals surface area (Å²) in [4.78, 5) is 12.1. The highest BCUT2D eigenvalue weighted by atomic mass is 16.5. The number of ether oxygens (including phenoxy) is 1. The number of allylic oxidation sites excluding steroid dienone is 1. The predicted molar refractivity (Wildman–Crippen MR) is 47.0 cm³/mol. The van der Waals surface area contributed by atoms with Crippen molar-refractivity contribution in [2.75, 3.05) is 33.4 Å². The maximum absolute atomic E-state index is 9.95. The minimum atomic E-state index is 0.694.